The number of rotatable bonds is 7. The minimum Gasteiger partial charge on any atom is -0.480 e. The van der Waals surface area contributed by atoms with Crippen molar-refractivity contribution in [3.8, 4) is 33.8 Å². The topological polar surface area (TPSA) is 120 Å². The van der Waals surface area contributed by atoms with E-state index in [2.05, 4.69) is 10.4 Å². The largest absolute Gasteiger partial charge is 0.480 e. The van der Waals surface area contributed by atoms with E-state index in [0.717, 1.165) is 5.56 Å². The Bertz CT molecular complexity index is 1630. The van der Waals surface area contributed by atoms with Crippen molar-refractivity contribution in [2.75, 3.05) is 6.79 Å². The lowest BCUT2D eigenvalue weighted by atomic mass is 9.95. The Morgan fingerprint density at radius 3 is 2.38 bits per heavy atom. The molecular weight excluding hydrogens is 545 g/mol. The quantitative estimate of drug-likeness (QED) is 0.336. The number of carboxylic acid groups (broad SMARTS) is 1. The fourth-order valence-corrected chi connectivity index (χ4v) is 4.86. The highest BCUT2D eigenvalue weighted by Crippen LogP contribution is 2.38. The van der Waals surface area contributed by atoms with E-state index in [1.165, 1.54) is 16.8 Å². The van der Waals surface area contributed by atoms with E-state index in [0.29, 0.717) is 33.8 Å². The van der Waals surface area contributed by atoms with E-state index < -0.39 is 17.9 Å². The van der Waals surface area contributed by atoms with Gasteiger partial charge >= 0.3 is 5.97 Å². The summed E-state index contributed by atoms with van der Waals surface area (Å²) in [7, 11) is 1.56. The number of halogens is 2. The Labute approximate surface area is 232 Å². The fourth-order valence-electron chi connectivity index (χ4n) is 4.29. The second-order valence-electron chi connectivity index (χ2n) is 8.79. The maximum Gasteiger partial charge on any atom is 0.326 e. The van der Waals surface area contributed by atoms with Crippen LogP contribution in [0.3, 0.4) is 0 Å². The first-order chi connectivity index (χ1) is 18.7. The van der Waals surface area contributed by atoms with Crippen molar-refractivity contribution in [1.29, 1.82) is 0 Å². The maximum absolute atomic E-state index is 13.2. The fraction of sp³-hybridized carbons (Fsp3) is 0.143. The lowest BCUT2D eigenvalue weighted by Crippen LogP contribution is -2.42. The minimum atomic E-state index is -1.24. The van der Waals surface area contributed by atoms with Crippen molar-refractivity contribution in [3.05, 3.63) is 98.4 Å². The van der Waals surface area contributed by atoms with Crippen molar-refractivity contribution in [3.63, 3.8) is 0 Å². The van der Waals surface area contributed by atoms with Gasteiger partial charge in [-0.2, -0.15) is 5.10 Å². The average molecular weight is 566 g/mol. The van der Waals surface area contributed by atoms with E-state index in [1.807, 2.05) is 6.07 Å². The first-order valence-corrected chi connectivity index (χ1v) is 12.5. The lowest BCUT2D eigenvalue weighted by Gasteiger charge is -2.16. The molecule has 0 saturated heterocycles. The normalized spacial score (nSPS) is 12.7. The third-order valence-electron chi connectivity index (χ3n) is 6.30. The van der Waals surface area contributed by atoms with Crippen LogP contribution < -0.4 is 20.3 Å². The molecule has 0 radical (unpaired) electrons. The molecule has 0 fully saturated rings. The van der Waals surface area contributed by atoms with Crippen LogP contribution in [0.2, 0.25) is 10.0 Å². The van der Waals surface area contributed by atoms with Gasteiger partial charge in [0.05, 0.1) is 27.4 Å². The van der Waals surface area contributed by atoms with Crippen LogP contribution in [-0.4, -0.2) is 39.6 Å². The Hall–Kier alpha value is -4.34. The van der Waals surface area contributed by atoms with Gasteiger partial charge in [0.25, 0.3) is 11.5 Å². The van der Waals surface area contributed by atoms with Crippen LogP contribution in [-0.2, 0) is 18.3 Å². The van der Waals surface area contributed by atoms with Crippen LogP contribution in [0.4, 0.5) is 0 Å². The Balaban J connectivity index is 1.42. The first-order valence-electron chi connectivity index (χ1n) is 11.8. The predicted octanol–water partition coefficient (Wildman–Crippen LogP) is 4.58. The smallest absolute Gasteiger partial charge is 0.326 e. The van der Waals surface area contributed by atoms with E-state index in [9.17, 15) is 19.5 Å². The summed E-state index contributed by atoms with van der Waals surface area (Å²) in [6.07, 6.45) is 1.60. The molecule has 0 saturated carbocycles. The van der Waals surface area contributed by atoms with Crippen LogP contribution in [0, 0.1) is 0 Å². The van der Waals surface area contributed by atoms with Gasteiger partial charge in [-0.25, -0.2) is 9.48 Å². The summed E-state index contributed by atoms with van der Waals surface area (Å²) in [6, 6.07) is 15.6. The zero-order valence-electron chi connectivity index (χ0n) is 20.5. The number of amides is 1. The van der Waals surface area contributed by atoms with Crippen molar-refractivity contribution < 1.29 is 24.2 Å². The Morgan fingerprint density at radius 2 is 1.69 bits per heavy atom. The summed E-state index contributed by atoms with van der Waals surface area (Å²) in [6.45, 7) is 0.130. The minimum absolute atomic E-state index is 0.00649. The monoisotopic (exact) mass is 565 g/mol. The molecule has 3 aromatic carbocycles. The van der Waals surface area contributed by atoms with Gasteiger partial charge < -0.3 is 19.9 Å². The molecule has 1 amide bonds. The summed E-state index contributed by atoms with van der Waals surface area (Å²) < 4.78 is 12.1. The van der Waals surface area contributed by atoms with Gasteiger partial charge in [0, 0.05) is 19.0 Å². The second-order valence-corrected chi connectivity index (χ2v) is 9.61. The third-order valence-corrected chi connectivity index (χ3v) is 6.93. The molecule has 1 atom stereocenters. The highest BCUT2D eigenvalue weighted by molar-refractivity contribution is 6.39. The number of hydrogen-bond donors (Lipinski definition) is 2. The maximum atomic E-state index is 13.2. The molecule has 198 valence electrons. The molecule has 0 unspecified atom stereocenters. The molecule has 2 N–H and O–H groups in total. The molecule has 5 rings (SSSR count). The Kier molecular flexibility index (Phi) is 7.28. The van der Waals surface area contributed by atoms with Crippen LogP contribution in [0.15, 0.2) is 71.7 Å². The molecule has 9 nitrogen and oxygen atoms in total. The van der Waals surface area contributed by atoms with Crippen LogP contribution in [0.25, 0.3) is 22.3 Å². The van der Waals surface area contributed by atoms with Crippen molar-refractivity contribution in [2.45, 2.75) is 12.5 Å². The van der Waals surface area contributed by atoms with E-state index in [1.54, 1.807) is 55.7 Å². The molecule has 1 aliphatic heterocycles. The first kappa shape index (κ1) is 26.3. The molecule has 0 bridgehead atoms. The summed E-state index contributed by atoms with van der Waals surface area (Å²) in [5.74, 6) is -0.709. The molecular formula is C28H21Cl2N3O6. The number of carbonyl (C=O) groups excluding carboxylic acids is 1. The number of ether oxygens (including phenoxy) is 2. The summed E-state index contributed by atoms with van der Waals surface area (Å²) >= 11 is 12.2. The number of nitrogens with one attached hydrogen (secondary N) is 1. The van der Waals surface area contributed by atoms with Crippen LogP contribution >= 0.6 is 23.2 Å². The SMILES string of the molecule is Cn1ncc(-c2ccc3c(c2)OCO3)c(-c2ccc(C[C@H](NC(=O)c3c(Cl)cccc3Cl)C(=O)O)cc2)c1=O. The predicted molar refractivity (Wildman–Crippen MR) is 146 cm³/mol. The van der Waals surface area contributed by atoms with Crippen LogP contribution in [0.1, 0.15) is 15.9 Å². The van der Waals surface area contributed by atoms with E-state index in [-0.39, 0.29) is 34.4 Å². The summed E-state index contributed by atoms with van der Waals surface area (Å²) in [5.41, 5.74) is 2.72. The number of fused-ring (bicyclic) bond motifs is 1. The standard InChI is InChI=1S/C28H21Cl2N3O6/c1-33-27(35)24(18(13-31-33)17-9-10-22-23(12-17)39-14-38-22)16-7-5-15(6-8-16)11-21(28(36)37)32-26(34)25-19(29)3-2-4-20(25)30/h2-10,12-13,21H,11,14H2,1H3,(H,32,34)(H,36,37)/t21-/m0/s1. The Morgan fingerprint density at radius 1 is 1.03 bits per heavy atom. The molecule has 11 heteroatoms. The van der Waals surface area contributed by atoms with Gasteiger partial charge in [-0.05, 0) is 41.0 Å². The van der Waals surface area contributed by atoms with Crippen LogP contribution in [0.5, 0.6) is 11.5 Å². The molecule has 39 heavy (non-hydrogen) atoms. The van der Waals surface area contributed by atoms with Crippen molar-refractivity contribution >= 4 is 35.1 Å². The number of aromatic nitrogens is 2. The van der Waals surface area contributed by atoms with Gasteiger partial charge in [0.2, 0.25) is 6.79 Å². The number of carboxylic acids is 1. The molecule has 0 spiro atoms. The zero-order valence-corrected chi connectivity index (χ0v) is 22.0. The number of benzene rings is 3. The number of carbonyl (C=O) groups is 2. The van der Waals surface area contributed by atoms with Gasteiger partial charge in [0.15, 0.2) is 11.5 Å². The van der Waals surface area contributed by atoms with Gasteiger partial charge in [0.1, 0.15) is 6.04 Å². The molecule has 2 heterocycles. The number of nitrogens with zero attached hydrogens (tertiary/aromatic N) is 2. The van der Waals surface area contributed by atoms with Gasteiger partial charge in [-0.3, -0.25) is 9.59 Å². The molecule has 0 aliphatic carbocycles. The molecule has 1 aliphatic rings. The zero-order chi connectivity index (χ0) is 27.7. The highest BCUT2D eigenvalue weighted by Gasteiger charge is 2.24. The van der Waals surface area contributed by atoms with E-state index in [4.69, 9.17) is 32.7 Å². The average Bonchev–Trinajstić information content (AvgIpc) is 3.38. The summed E-state index contributed by atoms with van der Waals surface area (Å²) in [4.78, 5) is 37.8. The van der Waals surface area contributed by atoms with Gasteiger partial charge in [-0.15, -0.1) is 0 Å². The van der Waals surface area contributed by atoms with E-state index >= 15 is 0 Å². The number of aryl methyl sites for hydroxylation is 1. The number of hydrogen-bond acceptors (Lipinski definition) is 6. The summed E-state index contributed by atoms with van der Waals surface area (Å²) in [5, 5.41) is 16.6. The highest BCUT2D eigenvalue weighted by atomic mass is 35.5. The van der Waals surface area contributed by atoms with Crippen molar-refractivity contribution in [2.24, 2.45) is 7.05 Å². The van der Waals surface area contributed by atoms with Crippen molar-refractivity contribution in [1.82, 2.24) is 15.1 Å². The second kappa shape index (κ2) is 10.8. The molecule has 1 aromatic heterocycles. The lowest BCUT2D eigenvalue weighted by molar-refractivity contribution is -0.139. The third kappa shape index (κ3) is 5.32. The van der Waals surface area contributed by atoms with Gasteiger partial charge in [-0.1, -0.05) is 59.6 Å². The number of aliphatic carboxylic acids is 1. The molecule has 4 aromatic rings.